The monoisotopic (exact) mass is 329 g/mol. The zero-order valence-electron chi connectivity index (χ0n) is 13.0. The number of nitrogens with zero attached hydrogens (tertiary/aromatic N) is 1. The molecule has 0 aliphatic carbocycles. The van der Waals surface area contributed by atoms with Crippen molar-refractivity contribution in [3.63, 3.8) is 0 Å². The van der Waals surface area contributed by atoms with E-state index < -0.39 is 17.7 Å². The predicted octanol–water partition coefficient (Wildman–Crippen LogP) is 3.34. The molecule has 5 nitrogen and oxygen atoms in total. The van der Waals surface area contributed by atoms with Crippen molar-refractivity contribution in [3.05, 3.63) is 47.2 Å². The Kier molecular flexibility index (Phi) is 3.77. The smallest absolute Gasteiger partial charge is 0.348 e. The fourth-order valence-corrected chi connectivity index (χ4v) is 2.98. The highest BCUT2D eigenvalue weighted by Crippen LogP contribution is 2.28. The van der Waals surface area contributed by atoms with Crippen LogP contribution in [0.2, 0.25) is 0 Å². The molecule has 0 spiro atoms. The topological polar surface area (TPSA) is 65.5 Å². The van der Waals surface area contributed by atoms with Crippen LogP contribution in [-0.2, 0) is 19.1 Å². The van der Waals surface area contributed by atoms with Crippen LogP contribution in [-0.4, -0.2) is 22.1 Å². The second-order valence-electron chi connectivity index (χ2n) is 5.69. The third-order valence-corrected chi connectivity index (χ3v) is 4.16. The number of rotatable bonds is 2. The van der Waals surface area contributed by atoms with Gasteiger partial charge < -0.3 is 9.47 Å². The van der Waals surface area contributed by atoms with Crippen LogP contribution in [0.4, 0.5) is 0 Å². The van der Waals surface area contributed by atoms with Crippen molar-refractivity contribution in [3.8, 4) is 10.4 Å². The highest BCUT2D eigenvalue weighted by molar-refractivity contribution is 7.09. The van der Waals surface area contributed by atoms with Crippen LogP contribution in [0.5, 0.6) is 0 Å². The number of esters is 2. The van der Waals surface area contributed by atoms with Crippen molar-refractivity contribution < 1.29 is 19.1 Å². The van der Waals surface area contributed by atoms with E-state index in [-0.39, 0.29) is 5.57 Å². The summed E-state index contributed by atoms with van der Waals surface area (Å²) in [5.41, 5.74) is 2.54. The SMILES string of the molecule is Cc1cc(-c2cccc(C=C3C(=O)OC(C)(C)OC3=O)c2)sn1. The maximum atomic E-state index is 12.0. The van der Waals surface area contributed by atoms with Crippen molar-refractivity contribution in [1.82, 2.24) is 4.37 Å². The summed E-state index contributed by atoms with van der Waals surface area (Å²) >= 11 is 1.40. The first-order chi connectivity index (χ1) is 10.8. The van der Waals surface area contributed by atoms with Crippen molar-refractivity contribution in [2.45, 2.75) is 26.6 Å². The van der Waals surface area contributed by atoms with E-state index in [0.29, 0.717) is 0 Å². The maximum Gasteiger partial charge on any atom is 0.348 e. The number of hydrogen-bond acceptors (Lipinski definition) is 6. The highest BCUT2D eigenvalue weighted by Gasteiger charge is 2.38. The lowest BCUT2D eigenvalue weighted by Gasteiger charge is -2.29. The van der Waals surface area contributed by atoms with E-state index in [1.807, 2.05) is 37.3 Å². The number of carbonyl (C=O) groups is 2. The van der Waals surface area contributed by atoms with Gasteiger partial charge in [0.05, 0.1) is 10.6 Å². The molecule has 23 heavy (non-hydrogen) atoms. The summed E-state index contributed by atoms with van der Waals surface area (Å²) in [6.45, 7) is 4.97. The Hall–Kier alpha value is -2.47. The number of benzene rings is 1. The highest BCUT2D eigenvalue weighted by atomic mass is 32.1. The molecule has 2 heterocycles. The molecule has 6 heteroatoms. The number of carbonyl (C=O) groups excluding carboxylic acids is 2. The Morgan fingerprint density at radius 1 is 1.13 bits per heavy atom. The van der Waals surface area contributed by atoms with Crippen LogP contribution in [0.3, 0.4) is 0 Å². The summed E-state index contributed by atoms with van der Waals surface area (Å²) in [6.07, 6.45) is 1.48. The zero-order chi connectivity index (χ0) is 16.6. The molecule has 118 valence electrons. The first-order valence-corrected chi connectivity index (χ1v) is 7.83. The normalized spacial score (nSPS) is 16.7. The number of aromatic nitrogens is 1. The van der Waals surface area contributed by atoms with Crippen molar-refractivity contribution in [1.29, 1.82) is 0 Å². The average molecular weight is 329 g/mol. The van der Waals surface area contributed by atoms with Gasteiger partial charge in [-0.1, -0.05) is 18.2 Å². The summed E-state index contributed by atoms with van der Waals surface area (Å²) in [4.78, 5) is 25.0. The van der Waals surface area contributed by atoms with E-state index >= 15 is 0 Å². The molecule has 0 amide bonds. The molecule has 1 saturated heterocycles. The minimum Gasteiger partial charge on any atom is -0.419 e. The predicted molar refractivity (Wildman–Crippen MR) is 86.5 cm³/mol. The summed E-state index contributed by atoms with van der Waals surface area (Å²) in [5.74, 6) is -2.58. The van der Waals surface area contributed by atoms with Crippen molar-refractivity contribution in [2.24, 2.45) is 0 Å². The second-order valence-corrected chi connectivity index (χ2v) is 6.50. The first kappa shape index (κ1) is 15.4. The lowest BCUT2D eigenvalue weighted by Crippen LogP contribution is -2.41. The third kappa shape index (κ3) is 3.32. The van der Waals surface area contributed by atoms with Crippen LogP contribution >= 0.6 is 11.5 Å². The molecule has 2 aromatic rings. The van der Waals surface area contributed by atoms with E-state index in [0.717, 1.165) is 21.7 Å². The number of ether oxygens (including phenoxy) is 2. The lowest BCUT2D eigenvalue weighted by atomic mass is 10.1. The molecule has 0 radical (unpaired) electrons. The van der Waals surface area contributed by atoms with Crippen molar-refractivity contribution >= 4 is 29.5 Å². The molecular weight excluding hydrogens is 314 g/mol. The van der Waals surface area contributed by atoms with Gasteiger partial charge in [0.25, 0.3) is 5.79 Å². The molecule has 1 aromatic heterocycles. The number of hydrogen-bond donors (Lipinski definition) is 0. The van der Waals surface area contributed by atoms with Gasteiger partial charge in [0.15, 0.2) is 0 Å². The van der Waals surface area contributed by atoms with Gasteiger partial charge in [-0.3, -0.25) is 0 Å². The molecule has 0 N–H and O–H groups in total. The van der Waals surface area contributed by atoms with E-state index in [1.54, 1.807) is 0 Å². The molecule has 1 aromatic carbocycles. The molecule has 1 aliphatic rings. The summed E-state index contributed by atoms with van der Waals surface area (Å²) in [6, 6.07) is 9.50. The standard InChI is InChI=1S/C17H15NO4S/c1-10-7-14(23-18-10)12-6-4-5-11(8-12)9-13-15(19)21-17(2,3)22-16(13)20/h4-9H,1-3H3. The van der Waals surface area contributed by atoms with Gasteiger partial charge in [-0.25, -0.2) is 9.59 Å². The summed E-state index contributed by atoms with van der Waals surface area (Å²) in [7, 11) is 0. The Labute approximate surface area is 137 Å². The van der Waals surface area contributed by atoms with E-state index in [2.05, 4.69) is 4.37 Å². The summed E-state index contributed by atoms with van der Waals surface area (Å²) in [5, 5.41) is 0. The van der Waals surface area contributed by atoms with Gasteiger partial charge in [-0.2, -0.15) is 4.37 Å². The molecule has 0 saturated carbocycles. The first-order valence-electron chi connectivity index (χ1n) is 7.06. The molecule has 0 atom stereocenters. The Bertz CT molecular complexity index is 798. The average Bonchev–Trinajstić information content (AvgIpc) is 2.89. The molecule has 3 rings (SSSR count). The zero-order valence-corrected chi connectivity index (χ0v) is 13.8. The Morgan fingerprint density at radius 2 is 1.83 bits per heavy atom. The molecule has 0 bridgehead atoms. The van der Waals surface area contributed by atoms with Crippen LogP contribution in [0, 0.1) is 6.92 Å². The van der Waals surface area contributed by atoms with Crippen molar-refractivity contribution in [2.75, 3.05) is 0 Å². The Balaban J connectivity index is 1.94. The Morgan fingerprint density at radius 3 is 2.43 bits per heavy atom. The molecule has 1 fully saturated rings. The van der Waals surface area contributed by atoms with Crippen LogP contribution in [0.15, 0.2) is 35.9 Å². The molecule has 1 aliphatic heterocycles. The number of cyclic esters (lactones) is 2. The van der Waals surface area contributed by atoms with Gasteiger partial charge >= 0.3 is 11.9 Å². The van der Waals surface area contributed by atoms with E-state index in [4.69, 9.17) is 9.47 Å². The maximum absolute atomic E-state index is 12.0. The van der Waals surface area contributed by atoms with Gasteiger partial charge in [0, 0.05) is 13.8 Å². The summed E-state index contributed by atoms with van der Waals surface area (Å²) < 4.78 is 14.4. The molecular formula is C17H15NO4S. The second kappa shape index (κ2) is 5.62. The quantitative estimate of drug-likeness (QED) is 0.480. The minimum absolute atomic E-state index is 0.109. The van der Waals surface area contributed by atoms with E-state index in [1.165, 1.54) is 31.5 Å². The third-order valence-electron chi connectivity index (χ3n) is 3.23. The fourth-order valence-electron chi connectivity index (χ4n) is 2.23. The minimum atomic E-state index is -1.23. The van der Waals surface area contributed by atoms with Crippen LogP contribution in [0.25, 0.3) is 16.5 Å². The van der Waals surface area contributed by atoms with Gasteiger partial charge in [-0.05, 0) is 47.8 Å². The lowest BCUT2D eigenvalue weighted by molar-refractivity contribution is -0.222. The van der Waals surface area contributed by atoms with Gasteiger partial charge in [0.2, 0.25) is 0 Å². The van der Waals surface area contributed by atoms with Gasteiger partial charge in [0.1, 0.15) is 5.57 Å². The molecule has 0 unspecified atom stereocenters. The van der Waals surface area contributed by atoms with Gasteiger partial charge in [-0.15, -0.1) is 0 Å². The van der Waals surface area contributed by atoms with Crippen LogP contribution < -0.4 is 0 Å². The van der Waals surface area contributed by atoms with Crippen LogP contribution in [0.1, 0.15) is 25.1 Å². The fraction of sp³-hybridized carbons (Fsp3) is 0.235. The van der Waals surface area contributed by atoms with E-state index in [9.17, 15) is 9.59 Å². The largest absolute Gasteiger partial charge is 0.419 e. The number of aryl methyl sites for hydroxylation is 1.